The standard InChI is InChI=1S/C15H18FN3O4S/c16-11-2-1-3-12(10-11)24(22,23)19-8-6-18(7-9-19)15(21)13-4-5-14(20)17-13/h1-3,10,13H,4-9H2,(H,17,20)/t13-/m1/s1. The molecule has 1 aromatic rings. The highest BCUT2D eigenvalue weighted by atomic mass is 32.2. The number of nitrogens with zero attached hydrogens (tertiary/aromatic N) is 2. The van der Waals surface area contributed by atoms with Gasteiger partial charge in [0.25, 0.3) is 0 Å². The molecule has 2 amide bonds. The van der Waals surface area contributed by atoms with Gasteiger partial charge in [0.05, 0.1) is 4.90 Å². The summed E-state index contributed by atoms with van der Waals surface area (Å²) in [6.07, 6.45) is 0.809. The van der Waals surface area contributed by atoms with Gasteiger partial charge < -0.3 is 10.2 Å². The third-order valence-electron chi connectivity index (χ3n) is 4.28. The number of carbonyl (C=O) groups excluding carboxylic acids is 2. The van der Waals surface area contributed by atoms with Crippen molar-refractivity contribution in [3.8, 4) is 0 Å². The number of piperazine rings is 1. The second-order valence-corrected chi connectivity index (χ2v) is 7.78. The summed E-state index contributed by atoms with van der Waals surface area (Å²) in [6.45, 7) is 0.788. The Balaban J connectivity index is 1.64. The molecule has 0 aromatic heterocycles. The average Bonchev–Trinajstić information content (AvgIpc) is 3.01. The minimum Gasteiger partial charge on any atom is -0.344 e. The van der Waals surface area contributed by atoms with Gasteiger partial charge in [-0.15, -0.1) is 0 Å². The van der Waals surface area contributed by atoms with Gasteiger partial charge in [0.2, 0.25) is 21.8 Å². The van der Waals surface area contributed by atoms with E-state index in [1.807, 2.05) is 0 Å². The van der Waals surface area contributed by atoms with Crippen molar-refractivity contribution in [3.63, 3.8) is 0 Å². The highest BCUT2D eigenvalue weighted by Gasteiger charge is 2.35. The van der Waals surface area contributed by atoms with Crippen molar-refractivity contribution in [3.05, 3.63) is 30.1 Å². The molecule has 2 heterocycles. The number of carbonyl (C=O) groups is 2. The first kappa shape index (κ1) is 16.8. The molecule has 1 aromatic carbocycles. The van der Waals surface area contributed by atoms with Gasteiger partial charge in [-0.05, 0) is 24.6 Å². The molecule has 1 atom stereocenters. The smallest absolute Gasteiger partial charge is 0.245 e. The largest absolute Gasteiger partial charge is 0.344 e. The molecule has 0 saturated carbocycles. The molecule has 7 nitrogen and oxygen atoms in total. The van der Waals surface area contributed by atoms with Crippen molar-refractivity contribution < 1.29 is 22.4 Å². The Morgan fingerprint density at radius 3 is 2.50 bits per heavy atom. The Morgan fingerprint density at radius 2 is 1.92 bits per heavy atom. The van der Waals surface area contributed by atoms with Crippen LogP contribution in [0.5, 0.6) is 0 Å². The van der Waals surface area contributed by atoms with Gasteiger partial charge in [-0.2, -0.15) is 4.31 Å². The van der Waals surface area contributed by atoms with Gasteiger partial charge in [0.1, 0.15) is 11.9 Å². The zero-order valence-electron chi connectivity index (χ0n) is 12.9. The van der Waals surface area contributed by atoms with Gasteiger partial charge in [-0.1, -0.05) is 6.07 Å². The summed E-state index contributed by atoms with van der Waals surface area (Å²) in [7, 11) is -3.78. The SMILES string of the molecule is O=C1CC[C@H](C(=O)N2CCN(S(=O)(=O)c3cccc(F)c3)CC2)N1. The molecule has 130 valence electrons. The van der Waals surface area contributed by atoms with E-state index in [0.717, 1.165) is 6.07 Å². The zero-order valence-corrected chi connectivity index (χ0v) is 13.8. The molecule has 9 heteroatoms. The van der Waals surface area contributed by atoms with Crippen molar-refractivity contribution >= 4 is 21.8 Å². The Labute approximate surface area is 139 Å². The Hall–Kier alpha value is -2.00. The molecule has 2 saturated heterocycles. The van der Waals surface area contributed by atoms with Crippen LogP contribution in [0.25, 0.3) is 0 Å². The van der Waals surface area contributed by atoms with Crippen LogP contribution < -0.4 is 5.32 Å². The minimum absolute atomic E-state index is 0.0923. The van der Waals surface area contributed by atoms with Gasteiger partial charge >= 0.3 is 0 Å². The number of benzene rings is 1. The van der Waals surface area contributed by atoms with Gasteiger partial charge in [-0.3, -0.25) is 9.59 Å². The monoisotopic (exact) mass is 355 g/mol. The summed E-state index contributed by atoms with van der Waals surface area (Å²) in [5, 5.41) is 2.62. The zero-order chi connectivity index (χ0) is 17.3. The van der Waals surface area contributed by atoms with Crippen LogP contribution in [0.4, 0.5) is 4.39 Å². The third kappa shape index (κ3) is 3.27. The van der Waals surface area contributed by atoms with E-state index in [2.05, 4.69) is 5.32 Å². The van der Waals surface area contributed by atoms with Crippen molar-refractivity contribution in [1.82, 2.24) is 14.5 Å². The fraction of sp³-hybridized carbons (Fsp3) is 0.467. The lowest BCUT2D eigenvalue weighted by atomic mass is 10.2. The fourth-order valence-electron chi connectivity index (χ4n) is 2.95. The average molecular weight is 355 g/mol. The molecule has 2 aliphatic rings. The molecule has 24 heavy (non-hydrogen) atoms. The van der Waals surface area contributed by atoms with Crippen molar-refractivity contribution in [2.24, 2.45) is 0 Å². The number of nitrogens with one attached hydrogen (secondary N) is 1. The maximum atomic E-state index is 13.3. The van der Waals surface area contributed by atoms with Gasteiger partial charge in [0.15, 0.2) is 0 Å². The van der Waals surface area contributed by atoms with Crippen LogP contribution >= 0.6 is 0 Å². The Morgan fingerprint density at radius 1 is 1.21 bits per heavy atom. The van der Waals surface area contributed by atoms with Crippen LogP contribution in [0.3, 0.4) is 0 Å². The Bertz CT molecular complexity index is 760. The number of halogens is 1. The van der Waals surface area contributed by atoms with E-state index in [9.17, 15) is 22.4 Å². The first-order chi connectivity index (χ1) is 11.4. The first-order valence-electron chi connectivity index (χ1n) is 7.72. The van der Waals surface area contributed by atoms with Gasteiger partial charge in [0, 0.05) is 32.6 Å². The molecular weight excluding hydrogens is 337 g/mol. The summed E-state index contributed by atoms with van der Waals surface area (Å²) in [4.78, 5) is 25.0. The lowest BCUT2D eigenvalue weighted by Crippen LogP contribution is -2.54. The summed E-state index contributed by atoms with van der Waals surface area (Å²) < 4.78 is 39.5. The number of hydrogen-bond acceptors (Lipinski definition) is 4. The van der Waals surface area contributed by atoms with Crippen LogP contribution in [-0.2, 0) is 19.6 Å². The second-order valence-electron chi connectivity index (χ2n) is 5.85. The van der Waals surface area contributed by atoms with E-state index >= 15 is 0 Å². The summed E-state index contributed by atoms with van der Waals surface area (Å²) in [6, 6.07) is 4.37. The molecule has 2 aliphatic heterocycles. The fourth-order valence-corrected chi connectivity index (χ4v) is 4.40. The number of sulfonamides is 1. The molecular formula is C15H18FN3O4S. The van der Waals surface area contributed by atoms with Gasteiger partial charge in [-0.25, -0.2) is 12.8 Å². The maximum absolute atomic E-state index is 13.3. The van der Waals surface area contributed by atoms with Crippen LogP contribution in [-0.4, -0.2) is 61.7 Å². The van der Waals surface area contributed by atoms with E-state index in [1.165, 1.54) is 22.5 Å². The van der Waals surface area contributed by atoms with E-state index in [4.69, 9.17) is 0 Å². The van der Waals surface area contributed by atoms with E-state index in [0.29, 0.717) is 12.8 Å². The highest BCUT2D eigenvalue weighted by molar-refractivity contribution is 7.89. The number of rotatable bonds is 3. The topological polar surface area (TPSA) is 86.8 Å². The van der Waals surface area contributed by atoms with Crippen molar-refractivity contribution in [2.75, 3.05) is 26.2 Å². The lowest BCUT2D eigenvalue weighted by Gasteiger charge is -2.35. The summed E-state index contributed by atoms with van der Waals surface area (Å²) >= 11 is 0. The van der Waals surface area contributed by atoms with Crippen molar-refractivity contribution in [1.29, 1.82) is 0 Å². The third-order valence-corrected chi connectivity index (χ3v) is 6.17. The molecule has 0 unspecified atom stereocenters. The van der Waals surface area contributed by atoms with Crippen LogP contribution in [0, 0.1) is 5.82 Å². The van der Waals surface area contributed by atoms with E-state index in [-0.39, 0.29) is 42.9 Å². The molecule has 2 fully saturated rings. The van der Waals surface area contributed by atoms with Crippen LogP contribution in [0.15, 0.2) is 29.2 Å². The Kier molecular flexibility index (Phi) is 4.55. The summed E-state index contributed by atoms with van der Waals surface area (Å²) in [5.41, 5.74) is 0. The molecule has 0 aliphatic carbocycles. The predicted octanol–water partition coefficient (Wildman–Crippen LogP) is -0.0628. The lowest BCUT2D eigenvalue weighted by molar-refractivity contribution is -0.135. The normalized spacial score (nSPS) is 22.5. The molecule has 3 rings (SSSR count). The quantitative estimate of drug-likeness (QED) is 0.823. The number of amides is 2. The maximum Gasteiger partial charge on any atom is 0.245 e. The molecule has 0 spiro atoms. The predicted molar refractivity (Wildman–Crippen MR) is 82.9 cm³/mol. The van der Waals surface area contributed by atoms with E-state index < -0.39 is 21.9 Å². The summed E-state index contributed by atoms with van der Waals surface area (Å²) in [5.74, 6) is -0.925. The van der Waals surface area contributed by atoms with Crippen molar-refractivity contribution in [2.45, 2.75) is 23.8 Å². The van der Waals surface area contributed by atoms with E-state index in [1.54, 1.807) is 4.90 Å². The molecule has 0 radical (unpaired) electrons. The highest BCUT2D eigenvalue weighted by Crippen LogP contribution is 2.19. The van der Waals surface area contributed by atoms with Crippen LogP contribution in [0.2, 0.25) is 0 Å². The first-order valence-corrected chi connectivity index (χ1v) is 9.16. The second kappa shape index (κ2) is 6.48. The molecule has 1 N–H and O–H groups in total. The minimum atomic E-state index is -3.78. The number of hydrogen-bond donors (Lipinski definition) is 1. The molecule has 0 bridgehead atoms. The van der Waals surface area contributed by atoms with Crippen LogP contribution in [0.1, 0.15) is 12.8 Å².